The van der Waals surface area contributed by atoms with Crippen LogP contribution in [0.15, 0.2) is 18.3 Å². The predicted octanol–water partition coefficient (Wildman–Crippen LogP) is 3.74. The summed E-state index contributed by atoms with van der Waals surface area (Å²) in [5.41, 5.74) is -0.271. The summed E-state index contributed by atoms with van der Waals surface area (Å²) in [6.07, 6.45) is 3.89. The fraction of sp³-hybridized carbons (Fsp3) is 0.667. The van der Waals surface area contributed by atoms with Crippen molar-refractivity contribution >= 4 is 12.1 Å². The van der Waals surface area contributed by atoms with Crippen molar-refractivity contribution in [2.24, 2.45) is 5.41 Å². The molecule has 1 amide bonds. The quantitative estimate of drug-likeness (QED) is 0.542. The van der Waals surface area contributed by atoms with Crippen molar-refractivity contribution in [3.05, 3.63) is 24.0 Å². The summed E-state index contributed by atoms with van der Waals surface area (Å²) < 4.78 is 16.3. The number of hydrogen-bond donors (Lipinski definition) is 0. The Morgan fingerprint density at radius 1 is 1.25 bits per heavy atom. The van der Waals surface area contributed by atoms with E-state index < -0.39 is 11.0 Å². The number of carbonyl (C=O) groups is 2. The number of methoxy groups -OCH3 is 1. The van der Waals surface area contributed by atoms with E-state index in [-0.39, 0.29) is 12.1 Å². The van der Waals surface area contributed by atoms with Crippen molar-refractivity contribution in [3.63, 3.8) is 0 Å². The number of nitrogens with zero attached hydrogens (tertiary/aromatic N) is 2. The van der Waals surface area contributed by atoms with Gasteiger partial charge in [-0.15, -0.1) is 0 Å². The second-order valence-electron chi connectivity index (χ2n) is 8.28. The van der Waals surface area contributed by atoms with Gasteiger partial charge >= 0.3 is 12.1 Å². The van der Waals surface area contributed by atoms with E-state index in [4.69, 9.17) is 14.2 Å². The van der Waals surface area contributed by atoms with E-state index in [0.29, 0.717) is 39.0 Å². The number of amides is 1. The highest BCUT2D eigenvalue weighted by Gasteiger charge is 2.43. The molecule has 0 radical (unpaired) electrons. The van der Waals surface area contributed by atoms with Crippen molar-refractivity contribution in [2.75, 3.05) is 26.8 Å². The Labute approximate surface area is 167 Å². The van der Waals surface area contributed by atoms with Crippen LogP contribution in [0.2, 0.25) is 0 Å². The van der Waals surface area contributed by atoms with Gasteiger partial charge in [0.1, 0.15) is 11.4 Å². The first-order valence-corrected chi connectivity index (χ1v) is 9.78. The standard InChI is InChI=1S/C21H32N2O5/c1-16-17(8-6-12-22-16)27-15-7-9-21(18(24)26-5)10-13-23(14-11-21)19(25)28-20(2,3)4/h6,8,12H,7,9-11,13-15H2,1-5H3. The topological polar surface area (TPSA) is 78.0 Å². The number of hydrogen-bond acceptors (Lipinski definition) is 6. The Morgan fingerprint density at radius 2 is 1.93 bits per heavy atom. The number of aromatic nitrogens is 1. The Kier molecular flexibility index (Phi) is 7.27. The molecule has 1 aliphatic heterocycles. The van der Waals surface area contributed by atoms with Gasteiger partial charge in [-0.05, 0) is 65.5 Å². The first-order chi connectivity index (χ1) is 13.2. The highest BCUT2D eigenvalue weighted by molar-refractivity contribution is 5.77. The SMILES string of the molecule is COC(=O)C1(CCCOc2cccnc2C)CCN(C(=O)OC(C)(C)C)CC1. The van der Waals surface area contributed by atoms with E-state index in [1.54, 1.807) is 11.1 Å². The molecule has 7 nitrogen and oxygen atoms in total. The lowest BCUT2D eigenvalue weighted by atomic mass is 9.75. The van der Waals surface area contributed by atoms with E-state index in [9.17, 15) is 9.59 Å². The van der Waals surface area contributed by atoms with Gasteiger partial charge in [0.25, 0.3) is 0 Å². The van der Waals surface area contributed by atoms with Crippen LogP contribution in [0.4, 0.5) is 4.79 Å². The molecule has 0 aromatic carbocycles. The molecule has 2 rings (SSSR count). The van der Waals surface area contributed by atoms with E-state index in [1.807, 2.05) is 39.8 Å². The lowest BCUT2D eigenvalue weighted by Gasteiger charge is -2.40. The third-order valence-electron chi connectivity index (χ3n) is 5.01. The normalized spacial score (nSPS) is 16.4. The van der Waals surface area contributed by atoms with Crippen LogP contribution in [0.3, 0.4) is 0 Å². The fourth-order valence-corrected chi connectivity index (χ4v) is 3.43. The Morgan fingerprint density at radius 3 is 2.50 bits per heavy atom. The van der Waals surface area contributed by atoms with E-state index in [2.05, 4.69) is 4.98 Å². The van der Waals surface area contributed by atoms with Gasteiger partial charge in [0.15, 0.2) is 0 Å². The molecular weight excluding hydrogens is 360 g/mol. The molecule has 156 valence electrons. The largest absolute Gasteiger partial charge is 0.492 e. The molecule has 7 heteroatoms. The van der Waals surface area contributed by atoms with Crippen molar-refractivity contribution in [1.29, 1.82) is 0 Å². The maximum atomic E-state index is 12.5. The van der Waals surface area contributed by atoms with E-state index >= 15 is 0 Å². The predicted molar refractivity (Wildman–Crippen MR) is 105 cm³/mol. The minimum atomic E-state index is -0.583. The lowest BCUT2D eigenvalue weighted by Crippen LogP contribution is -2.48. The van der Waals surface area contributed by atoms with Gasteiger partial charge in [0.05, 0.1) is 24.8 Å². The average Bonchev–Trinajstić information content (AvgIpc) is 2.65. The number of pyridine rings is 1. The average molecular weight is 392 g/mol. The Bertz CT molecular complexity index is 676. The first kappa shape index (κ1) is 22.0. The van der Waals surface area contributed by atoms with Crippen molar-refractivity contribution in [3.8, 4) is 5.75 Å². The van der Waals surface area contributed by atoms with Gasteiger partial charge in [-0.25, -0.2) is 4.79 Å². The van der Waals surface area contributed by atoms with E-state index in [1.165, 1.54) is 7.11 Å². The summed E-state index contributed by atoms with van der Waals surface area (Å²) in [4.78, 5) is 30.7. The number of esters is 1. The van der Waals surface area contributed by atoms with Gasteiger partial charge in [-0.2, -0.15) is 0 Å². The van der Waals surface area contributed by atoms with Crippen LogP contribution in [0.25, 0.3) is 0 Å². The van der Waals surface area contributed by atoms with Crippen molar-refractivity contribution < 1.29 is 23.8 Å². The molecule has 0 unspecified atom stereocenters. The number of carbonyl (C=O) groups excluding carboxylic acids is 2. The zero-order valence-electron chi connectivity index (χ0n) is 17.6. The second-order valence-corrected chi connectivity index (χ2v) is 8.28. The maximum Gasteiger partial charge on any atom is 0.410 e. The van der Waals surface area contributed by atoms with Crippen LogP contribution in [-0.4, -0.2) is 54.4 Å². The number of likely N-dealkylation sites (tertiary alicyclic amines) is 1. The molecule has 0 atom stereocenters. The third-order valence-corrected chi connectivity index (χ3v) is 5.01. The molecule has 0 N–H and O–H groups in total. The Hall–Kier alpha value is -2.31. The summed E-state index contributed by atoms with van der Waals surface area (Å²) in [5.74, 6) is 0.545. The molecule has 1 fully saturated rings. The summed E-state index contributed by atoms with van der Waals surface area (Å²) >= 11 is 0. The molecule has 1 saturated heterocycles. The molecule has 1 aliphatic rings. The maximum absolute atomic E-state index is 12.5. The highest BCUT2D eigenvalue weighted by Crippen LogP contribution is 2.38. The molecular formula is C21H32N2O5. The lowest BCUT2D eigenvalue weighted by molar-refractivity contribution is -0.156. The van der Waals surface area contributed by atoms with Crippen LogP contribution < -0.4 is 4.74 Å². The molecule has 0 aliphatic carbocycles. The molecule has 0 spiro atoms. The minimum absolute atomic E-state index is 0.214. The fourth-order valence-electron chi connectivity index (χ4n) is 3.43. The van der Waals surface area contributed by atoms with Crippen LogP contribution in [0.1, 0.15) is 52.1 Å². The van der Waals surface area contributed by atoms with Crippen LogP contribution in [-0.2, 0) is 14.3 Å². The van der Waals surface area contributed by atoms with E-state index in [0.717, 1.165) is 17.9 Å². The summed E-state index contributed by atoms with van der Waals surface area (Å²) in [5, 5.41) is 0. The number of aryl methyl sites for hydroxylation is 1. The molecule has 0 bridgehead atoms. The summed E-state index contributed by atoms with van der Waals surface area (Å²) in [7, 11) is 1.42. The molecule has 2 heterocycles. The van der Waals surface area contributed by atoms with Crippen molar-refractivity contribution in [1.82, 2.24) is 9.88 Å². The van der Waals surface area contributed by atoms with Gasteiger partial charge in [0.2, 0.25) is 0 Å². The van der Waals surface area contributed by atoms with Gasteiger partial charge in [0, 0.05) is 19.3 Å². The van der Waals surface area contributed by atoms with Crippen LogP contribution >= 0.6 is 0 Å². The molecule has 1 aromatic heterocycles. The Balaban J connectivity index is 1.90. The molecule has 28 heavy (non-hydrogen) atoms. The monoisotopic (exact) mass is 392 g/mol. The first-order valence-electron chi connectivity index (χ1n) is 9.78. The number of ether oxygens (including phenoxy) is 3. The molecule has 0 saturated carbocycles. The zero-order chi connectivity index (χ0) is 20.8. The minimum Gasteiger partial charge on any atom is -0.492 e. The van der Waals surface area contributed by atoms with Crippen molar-refractivity contribution in [2.45, 2.75) is 59.0 Å². The number of rotatable bonds is 6. The summed E-state index contributed by atoms with van der Waals surface area (Å²) in [6, 6.07) is 3.72. The smallest absolute Gasteiger partial charge is 0.410 e. The highest BCUT2D eigenvalue weighted by atomic mass is 16.6. The van der Waals surface area contributed by atoms with Crippen LogP contribution in [0, 0.1) is 12.3 Å². The van der Waals surface area contributed by atoms with Gasteiger partial charge in [-0.1, -0.05) is 0 Å². The van der Waals surface area contributed by atoms with Gasteiger partial charge in [-0.3, -0.25) is 9.78 Å². The van der Waals surface area contributed by atoms with Gasteiger partial charge < -0.3 is 19.1 Å². The van der Waals surface area contributed by atoms with Crippen LogP contribution in [0.5, 0.6) is 5.75 Å². The number of piperidine rings is 1. The third kappa shape index (κ3) is 5.84. The second kappa shape index (κ2) is 9.26. The zero-order valence-corrected chi connectivity index (χ0v) is 17.6. The molecule has 1 aromatic rings. The summed E-state index contributed by atoms with van der Waals surface area (Å²) in [6.45, 7) is 8.89.